The van der Waals surface area contributed by atoms with E-state index >= 15 is 0 Å². The minimum atomic E-state index is -2.34. The van der Waals surface area contributed by atoms with Crippen molar-refractivity contribution in [2.45, 2.75) is 11.5 Å². The predicted molar refractivity (Wildman–Crippen MR) is 55.0 cm³/mol. The van der Waals surface area contributed by atoms with Gasteiger partial charge in [-0.15, -0.1) is 0 Å². The third-order valence-corrected chi connectivity index (χ3v) is 2.18. The van der Waals surface area contributed by atoms with Crippen LogP contribution in [0, 0.1) is 0 Å². The van der Waals surface area contributed by atoms with Crippen molar-refractivity contribution in [1.29, 1.82) is 0 Å². The molecule has 2 radical (unpaired) electrons. The summed E-state index contributed by atoms with van der Waals surface area (Å²) in [5.74, 6) is -2.43. The molecule has 0 saturated carbocycles. The van der Waals surface area contributed by atoms with Gasteiger partial charge < -0.3 is 26.2 Å². The zero-order valence-corrected chi connectivity index (χ0v) is 8.16. The number of hydrogen-bond donors (Lipinski definition) is 5. The summed E-state index contributed by atoms with van der Waals surface area (Å²) in [5.41, 5.74) is 2.75. The molecule has 6 nitrogen and oxygen atoms in total. The highest BCUT2D eigenvalue weighted by atomic mass is 16.4. The first kappa shape index (κ1) is 12.3. The van der Waals surface area contributed by atoms with Crippen molar-refractivity contribution in [3.63, 3.8) is 0 Å². The van der Waals surface area contributed by atoms with Crippen LogP contribution in [0.5, 0.6) is 11.5 Å². The third kappa shape index (κ3) is 2.10. The molecule has 0 aliphatic rings. The summed E-state index contributed by atoms with van der Waals surface area (Å²) in [5, 5.41) is 36.6. The fraction of sp³-hybridized carbons (Fsp3) is 0.222. The summed E-state index contributed by atoms with van der Waals surface area (Å²) in [4.78, 5) is 10.6. The Kier molecular flexibility index (Phi) is 3.11. The Bertz CT molecular complexity index is 420. The first-order valence-corrected chi connectivity index (χ1v) is 4.29. The molecule has 0 fully saturated rings. The predicted octanol–water partition coefficient (Wildman–Crippen LogP) is -1.18. The van der Waals surface area contributed by atoms with Crippen molar-refractivity contribution in [3.8, 4) is 11.5 Å². The fourth-order valence-electron chi connectivity index (χ4n) is 1.14. The smallest absolute Gasteiger partial charge is 0.322 e. The van der Waals surface area contributed by atoms with Crippen LogP contribution in [0.3, 0.4) is 0 Å². The lowest BCUT2D eigenvalue weighted by molar-refractivity contribution is -0.142. The number of aliphatic carboxylic acids is 1. The molecule has 0 aliphatic heterocycles. The van der Waals surface area contributed by atoms with Crippen LogP contribution in [0.1, 0.15) is 5.56 Å². The van der Waals surface area contributed by atoms with Crippen molar-refractivity contribution < 1.29 is 25.2 Å². The topological polar surface area (TPSA) is 124 Å². The van der Waals surface area contributed by atoms with Crippen molar-refractivity contribution in [3.05, 3.63) is 23.8 Å². The van der Waals surface area contributed by atoms with Crippen LogP contribution in [0.2, 0.25) is 0 Å². The Balaban J connectivity index is 3.16. The number of carboxylic acids is 1. The lowest BCUT2D eigenvalue weighted by Gasteiger charge is -2.28. The highest BCUT2D eigenvalue weighted by Crippen LogP contribution is 2.30. The first-order valence-electron chi connectivity index (χ1n) is 4.29. The van der Waals surface area contributed by atoms with Gasteiger partial charge in [0.05, 0.1) is 5.50 Å². The number of rotatable bonds is 3. The van der Waals surface area contributed by atoms with Gasteiger partial charge in [0.1, 0.15) is 13.9 Å². The maximum absolute atomic E-state index is 10.6. The van der Waals surface area contributed by atoms with Crippen LogP contribution in [0.4, 0.5) is 0 Å². The summed E-state index contributed by atoms with van der Waals surface area (Å²) >= 11 is 0. The summed E-state index contributed by atoms with van der Waals surface area (Å²) in [7, 11) is 5.36. The molecule has 0 heterocycles. The van der Waals surface area contributed by atoms with Crippen LogP contribution in [-0.2, 0) is 10.3 Å². The zero-order valence-electron chi connectivity index (χ0n) is 8.16. The van der Waals surface area contributed by atoms with Gasteiger partial charge in [0.15, 0.2) is 11.5 Å². The summed E-state index contributed by atoms with van der Waals surface area (Å²) in [6, 6.07) is 1.42. The number of phenols is 2. The number of phenolic OH excluding ortho intramolecular Hbond substituents is 2. The maximum Gasteiger partial charge on any atom is 0.322 e. The average molecular weight is 223 g/mol. The van der Waals surface area contributed by atoms with E-state index in [1.54, 1.807) is 0 Å². The molecule has 7 heteroatoms. The fourth-order valence-corrected chi connectivity index (χ4v) is 1.14. The van der Waals surface area contributed by atoms with Crippen molar-refractivity contribution in [2.24, 2.45) is 5.73 Å². The van der Waals surface area contributed by atoms with Crippen LogP contribution in [-0.4, -0.2) is 40.3 Å². The second-order valence-corrected chi connectivity index (χ2v) is 3.34. The largest absolute Gasteiger partial charge is 0.504 e. The van der Waals surface area contributed by atoms with Gasteiger partial charge >= 0.3 is 5.97 Å². The van der Waals surface area contributed by atoms with Crippen molar-refractivity contribution >= 4 is 13.8 Å². The average Bonchev–Trinajstić information content (AvgIpc) is 2.20. The molecular weight excluding hydrogens is 213 g/mol. The minimum Gasteiger partial charge on any atom is -0.504 e. The normalized spacial score (nSPS) is 16.4. The number of carbonyl (C=O) groups is 1. The van der Waals surface area contributed by atoms with Gasteiger partial charge in [-0.3, -0.25) is 4.79 Å². The van der Waals surface area contributed by atoms with Gasteiger partial charge in [-0.1, -0.05) is 6.07 Å². The zero-order chi connectivity index (χ0) is 12.5. The standard InChI is InChI=1S/C9H10BNO5/c10-9(16,7(11)8(14)15)4-1-2-5(12)6(13)3-4/h1-3,7,12-13,16H,11H2,(H,14,15). The van der Waals surface area contributed by atoms with Gasteiger partial charge in [-0.05, 0) is 17.7 Å². The summed E-state index contributed by atoms with van der Waals surface area (Å²) in [6.45, 7) is 0. The van der Waals surface area contributed by atoms with E-state index in [4.69, 9.17) is 23.8 Å². The van der Waals surface area contributed by atoms with E-state index in [9.17, 15) is 15.0 Å². The summed E-state index contributed by atoms with van der Waals surface area (Å²) in [6.07, 6.45) is 0. The highest BCUT2D eigenvalue weighted by Gasteiger charge is 2.35. The quantitative estimate of drug-likeness (QED) is 0.324. The van der Waals surface area contributed by atoms with E-state index in [-0.39, 0.29) is 5.56 Å². The Labute approximate surface area is 92.4 Å². The van der Waals surface area contributed by atoms with Crippen LogP contribution in [0.15, 0.2) is 18.2 Å². The van der Waals surface area contributed by atoms with E-state index in [2.05, 4.69) is 0 Å². The first-order chi connectivity index (χ1) is 7.26. The molecule has 0 aromatic heterocycles. The molecule has 2 atom stereocenters. The number of hydrogen-bond acceptors (Lipinski definition) is 5. The molecule has 1 aromatic rings. The SMILES string of the molecule is [B]C(O)(c1ccc(O)c(O)c1)C(N)C(=O)O. The molecule has 0 bridgehead atoms. The van der Waals surface area contributed by atoms with E-state index in [1.807, 2.05) is 0 Å². The number of benzene rings is 1. The monoisotopic (exact) mass is 223 g/mol. The van der Waals surface area contributed by atoms with Gasteiger partial charge in [-0.2, -0.15) is 0 Å². The van der Waals surface area contributed by atoms with Gasteiger partial charge in [0.2, 0.25) is 0 Å². The molecule has 0 saturated heterocycles. The van der Waals surface area contributed by atoms with Crippen LogP contribution in [0.25, 0.3) is 0 Å². The highest BCUT2D eigenvalue weighted by molar-refractivity contribution is 6.17. The van der Waals surface area contributed by atoms with E-state index in [1.165, 1.54) is 0 Å². The molecular formula is C9H10BNO5. The second kappa shape index (κ2) is 4.03. The minimum absolute atomic E-state index is 0.113. The number of carboxylic acid groups (broad SMARTS) is 1. The van der Waals surface area contributed by atoms with E-state index in [0.29, 0.717) is 0 Å². The molecule has 0 spiro atoms. The van der Waals surface area contributed by atoms with Crippen molar-refractivity contribution in [1.82, 2.24) is 0 Å². The Morgan fingerprint density at radius 3 is 2.38 bits per heavy atom. The molecule has 1 aromatic carbocycles. The third-order valence-electron chi connectivity index (χ3n) is 2.18. The Morgan fingerprint density at radius 1 is 1.38 bits per heavy atom. The lowest BCUT2D eigenvalue weighted by Crippen LogP contribution is -2.51. The molecule has 16 heavy (non-hydrogen) atoms. The van der Waals surface area contributed by atoms with E-state index < -0.39 is 29.0 Å². The van der Waals surface area contributed by atoms with Gasteiger partial charge in [0, 0.05) is 0 Å². The Morgan fingerprint density at radius 2 is 1.94 bits per heavy atom. The van der Waals surface area contributed by atoms with Crippen LogP contribution >= 0.6 is 0 Å². The van der Waals surface area contributed by atoms with Gasteiger partial charge in [-0.25, -0.2) is 0 Å². The molecule has 0 aliphatic carbocycles. The second-order valence-electron chi connectivity index (χ2n) is 3.34. The molecule has 1 rings (SSSR count). The number of aromatic hydroxyl groups is 2. The number of aliphatic hydroxyl groups is 1. The molecule has 0 amide bonds. The Hall–Kier alpha value is -1.73. The van der Waals surface area contributed by atoms with E-state index in [0.717, 1.165) is 18.2 Å². The molecule has 2 unspecified atom stereocenters. The molecule has 6 N–H and O–H groups in total. The molecule has 84 valence electrons. The number of nitrogens with two attached hydrogens (primary N) is 1. The van der Waals surface area contributed by atoms with Crippen LogP contribution < -0.4 is 5.73 Å². The lowest BCUT2D eigenvalue weighted by atomic mass is 9.70. The maximum atomic E-state index is 10.6. The summed E-state index contributed by atoms with van der Waals surface area (Å²) < 4.78 is 0. The van der Waals surface area contributed by atoms with Gasteiger partial charge in [0.25, 0.3) is 0 Å². The van der Waals surface area contributed by atoms with Crippen molar-refractivity contribution in [2.75, 3.05) is 0 Å².